The van der Waals surface area contributed by atoms with E-state index in [4.69, 9.17) is 0 Å². The Labute approximate surface area is 116 Å². The summed E-state index contributed by atoms with van der Waals surface area (Å²) in [7, 11) is 0. The number of benzene rings is 1. The van der Waals surface area contributed by atoms with Crippen molar-refractivity contribution in [2.75, 3.05) is 5.32 Å². The quantitative estimate of drug-likeness (QED) is 0.831. The lowest BCUT2D eigenvalue weighted by Gasteiger charge is -2.05. The molecule has 0 bridgehead atoms. The zero-order chi connectivity index (χ0) is 12.3. The van der Waals surface area contributed by atoms with Gasteiger partial charge in [0.25, 0.3) is 5.91 Å². The van der Waals surface area contributed by atoms with Crippen LogP contribution in [0.2, 0.25) is 0 Å². The number of nitrogens with one attached hydrogen (secondary N) is 1. The van der Waals surface area contributed by atoms with Gasteiger partial charge < -0.3 is 5.32 Å². The number of aromatic nitrogens is 1. The maximum atomic E-state index is 11.9. The van der Waals surface area contributed by atoms with Crippen LogP contribution >= 0.6 is 31.9 Å². The van der Waals surface area contributed by atoms with Crippen molar-refractivity contribution in [2.24, 2.45) is 0 Å². The van der Waals surface area contributed by atoms with E-state index in [2.05, 4.69) is 42.2 Å². The lowest BCUT2D eigenvalue weighted by Crippen LogP contribution is -2.11. The number of hydrogen-bond acceptors (Lipinski definition) is 2. The van der Waals surface area contributed by atoms with Crippen molar-refractivity contribution in [2.45, 2.75) is 0 Å². The van der Waals surface area contributed by atoms with Crippen LogP contribution in [0.3, 0.4) is 0 Å². The summed E-state index contributed by atoms with van der Waals surface area (Å²) in [5.74, 6) is -0.161. The molecular weight excluding hydrogens is 348 g/mol. The molecule has 1 heterocycles. The molecule has 0 aliphatic heterocycles. The minimum Gasteiger partial charge on any atom is -0.322 e. The molecule has 0 unspecified atom stereocenters. The monoisotopic (exact) mass is 354 g/mol. The number of hydrogen-bond donors (Lipinski definition) is 1. The Morgan fingerprint density at radius 3 is 2.71 bits per heavy atom. The van der Waals surface area contributed by atoms with Crippen LogP contribution in [-0.4, -0.2) is 10.9 Å². The van der Waals surface area contributed by atoms with Gasteiger partial charge in [-0.1, -0.05) is 22.0 Å². The molecule has 0 atom stereocenters. The fraction of sp³-hybridized carbons (Fsp3) is 0. The zero-order valence-electron chi connectivity index (χ0n) is 8.65. The summed E-state index contributed by atoms with van der Waals surface area (Å²) in [5, 5.41) is 2.81. The molecule has 1 amide bonds. The third kappa shape index (κ3) is 3.38. The van der Waals surface area contributed by atoms with Crippen molar-refractivity contribution in [1.29, 1.82) is 0 Å². The van der Waals surface area contributed by atoms with Crippen LogP contribution in [-0.2, 0) is 0 Å². The molecule has 5 heteroatoms. The van der Waals surface area contributed by atoms with Gasteiger partial charge in [-0.15, -0.1) is 0 Å². The Morgan fingerprint density at radius 2 is 2.00 bits per heavy atom. The molecule has 0 spiro atoms. The van der Waals surface area contributed by atoms with E-state index in [1.54, 1.807) is 18.3 Å². The van der Waals surface area contributed by atoms with Crippen molar-refractivity contribution in [3.8, 4) is 0 Å². The van der Waals surface area contributed by atoms with Gasteiger partial charge in [-0.2, -0.15) is 0 Å². The van der Waals surface area contributed by atoms with Crippen LogP contribution in [0, 0.1) is 0 Å². The largest absolute Gasteiger partial charge is 0.322 e. The number of anilines is 1. The van der Waals surface area contributed by atoms with Crippen molar-refractivity contribution in [3.05, 3.63) is 57.2 Å². The lowest BCUT2D eigenvalue weighted by atomic mass is 10.2. The first kappa shape index (κ1) is 12.3. The van der Waals surface area contributed by atoms with Crippen LogP contribution < -0.4 is 5.32 Å². The predicted octanol–water partition coefficient (Wildman–Crippen LogP) is 3.86. The molecule has 86 valence electrons. The molecule has 0 aliphatic carbocycles. The lowest BCUT2D eigenvalue weighted by molar-refractivity contribution is 0.102. The molecule has 0 fully saturated rings. The summed E-state index contributed by atoms with van der Waals surface area (Å²) in [5.41, 5.74) is 1.31. The van der Waals surface area contributed by atoms with Crippen LogP contribution in [0.1, 0.15) is 10.4 Å². The van der Waals surface area contributed by atoms with Crippen molar-refractivity contribution >= 4 is 43.5 Å². The Balaban J connectivity index is 2.17. The standard InChI is InChI=1S/C12H8Br2N2O/c13-9-2-1-3-10(7-9)16-12(17)8-4-5-15-11(14)6-8/h1-7H,(H,16,17). The van der Waals surface area contributed by atoms with Crippen LogP contribution in [0.5, 0.6) is 0 Å². The van der Waals surface area contributed by atoms with E-state index >= 15 is 0 Å². The number of nitrogens with zero attached hydrogens (tertiary/aromatic N) is 1. The van der Waals surface area contributed by atoms with Gasteiger partial charge in [0, 0.05) is 21.9 Å². The topological polar surface area (TPSA) is 42.0 Å². The maximum absolute atomic E-state index is 11.9. The Morgan fingerprint density at radius 1 is 1.18 bits per heavy atom. The van der Waals surface area contributed by atoms with Gasteiger partial charge in [0.15, 0.2) is 0 Å². The SMILES string of the molecule is O=C(Nc1cccc(Br)c1)c1ccnc(Br)c1. The van der Waals surface area contributed by atoms with E-state index in [9.17, 15) is 4.79 Å². The first-order chi connectivity index (χ1) is 8.15. The number of pyridine rings is 1. The van der Waals surface area contributed by atoms with Crippen molar-refractivity contribution in [1.82, 2.24) is 4.98 Å². The summed E-state index contributed by atoms with van der Waals surface area (Å²) in [6.07, 6.45) is 1.58. The third-order valence-corrected chi connectivity index (χ3v) is 3.00. The molecule has 0 radical (unpaired) electrons. The summed E-state index contributed by atoms with van der Waals surface area (Å²) in [4.78, 5) is 15.9. The van der Waals surface area contributed by atoms with Crippen LogP contribution in [0.4, 0.5) is 5.69 Å². The predicted molar refractivity (Wildman–Crippen MR) is 74.0 cm³/mol. The molecule has 1 N–H and O–H groups in total. The average molecular weight is 356 g/mol. The van der Waals surface area contributed by atoms with Gasteiger partial charge in [-0.25, -0.2) is 4.98 Å². The smallest absolute Gasteiger partial charge is 0.255 e. The number of amides is 1. The van der Waals surface area contributed by atoms with E-state index in [1.807, 2.05) is 24.3 Å². The highest BCUT2D eigenvalue weighted by Gasteiger charge is 2.06. The molecule has 0 saturated carbocycles. The Hall–Kier alpha value is -1.20. The Kier molecular flexibility index (Phi) is 3.91. The van der Waals surface area contributed by atoms with E-state index in [1.165, 1.54) is 0 Å². The summed E-state index contributed by atoms with van der Waals surface area (Å²) in [6.45, 7) is 0. The molecular formula is C12H8Br2N2O. The molecule has 3 nitrogen and oxygen atoms in total. The van der Waals surface area contributed by atoms with Gasteiger partial charge in [0.1, 0.15) is 4.60 Å². The number of rotatable bonds is 2. The second-order valence-electron chi connectivity index (χ2n) is 3.33. The number of carbonyl (C=O) groups excluding carboxylic acids is 1. The van der Waals surface area contributed by atoms with Crippen LogP contribution in [0.15, 0.2) is 51.7 Å². The highest BCUT2D eigenvalue weighted by molar-refractivity contribution is 9.10. The number of carbonyl (C=O) groups is 1. The summed E-state index contributed by atoms with van der Waals surface area (Å²) < 4.78 is 1.56. The number of halogens is 2. The molecule has 2 rings (SSSR count). The van der Waals surface area contributed by atoms with Crippen molar-refractivity contribution < 1.29 is 4.79 Å². The minimum atomic E-state index is -0.161. The van der Waals surface area contributed by atoms with Gasteiger partial charge in [0.05, 0.1) is 0 Å². The molecule has 1 aromatic carbocycles. The maximum Gasteiger partial charge on any atom is 0.255 e. The zero-order valence-corrected chi connectivity index (χ0v) is 11.8. The molecule has 0 aliphatic rings. The normalized spacial score (nSPS) is 10.0. The van der Waals surface area contributed by atoms with Gasteiger partial charge in [0.2, 0.25) is 0 Å². The van der Waals surface area contributed by atoms with Crippen LogP contribution in [0.25, 0.3) is 0 Å². The van der Waals surface area contributed by atoms with Gasteiger partial charge in [-0.05, 0) is 46.3 Å². The molecule has 17 heavy (non-hydrogen) atoms. The van der Waals surface area contributed by atoms with Gasteiger partial charge in [-0.3, -0.25) is 4.79 Å². The summed E-state index contributed by atoms with van der Waals surface area (Å²) >= 11 is 6.58. The minimum absolute atomic E-state index is 0.161. The Bertz CT molecular complexity index is 558. The third-order valence-electron chi connectivity index (χ3n) is 2.07. The van der Waals surface area contributed by atoms with E-state index in [-0.39, 0.29) is 5.91 Å². The van der Waals surface area contributed by atoms with E-state index < -0.39 is 0 Å². The van der Waals surface area contributed by atoms with E-state index in [0.717, 1.165) is 10.2 Å². The fourth-order valence-electron chi connectivity index (χ4n) is 1.31. The second-order valence-corrected chi connectivity index (χ2v) is 5.06. The molecule has 0 saturated heterocycles. The first-order valence-electron chi connectivity index (χ1n) is 4.83. The van der Waals surface area contributed by atoms with E-state index in [0.29, 0.717) is 10.2 Å². The highest BCUT2D eigenvalue weighted by atomic mass is 79.9. The van der Waals surface area contributed by atoms with Gasteiger partial charge >= 0.3 is 0 Å². The molecule has 1 aromatic heterocycles. The first-order valence-corrected chi connectivity index (χ1v) is 6.42. The molecule has 2 aromatic rings. The highest BCUT2D eigenvalue weighted by Crippen LogP contribution is 2.17. The average Bonchev–Trinajstić information content (AvgIpc) is 2.29. The summed E-state index contributed by atoms with van der Waals surface area (Å²) in [6, 6.07) is 10.8. The fourth-order valence-corrected chi connectivity index (χ4v) is 2.08. The second kappa shape index (κ2) is 5.42. The van der Waals surface area contributed by atoms with Crippen molar-refractivity contribution in [3.63, 3.8) is 0 Å².